The summed E-state index contributed by atoms with van der Waals surface area (Å²) in [4.78, 5) is 12.8. The van der Waals surface area contributed by atoms with Crippen LogP contribution >= 0.6 is 0 Å². The molecule has 1 aromatic carbocycles. The van der Waals surface area contributed by atoms with Crippen molar-refractivity contribution < 1.29 is 14.6 Å². The number of hydrogen-bond acceptors (Lipinski definition) is 4. The van der Waals surface area contributed by atoms with E-state index in [4.69, 9.17) is 4.74 Å². The molecule has 0 heterocycles. The molecule has 0 amide bonds. The Balaban J connectivity index is 2.80. The molecular weight excluding hydrogens is 314 g/mol. The van der Waals surface area contributed by atoms with Crippen LogP contribution in [0.2, 0.25) is 0 Å². The van der Waals surface area contributed by atoms with Gasteiger partial charge in [-0.05, 0) is 47.6 Å². The number of aliphatic hydroxyl groups excluding tert-OH is 1. The highest BCUT2D eigenvalue weighted by Gasteiger charge is 2.39. The number of nitriles is 1. The Morgan fingerprint density at radius 3 is 2.40 bits per heavy atom. The fourth-order valence-corrected chi connectivity index (χ4v) is 3.40. The first-order chi connectivity index (χ1) is 11.4. The standard InChI is InChI=1S/C21H27NO3/c1-12(23)13-8-17-14(9-18(13)25-7)15(10-21(17,5)6)16(11-22)19(24)20(2,3)4/h8-9,12,23H,10H2,1-7H3/b16-15+. The summed E-state index contributed by atoms with van der Waals surface area (Å²) >= 11 is 0. The van der Waals surface area contributed by atoms with Crippen LogP contribution in [0.25, 0.3) is 5.57 Å². The van der Waals surface area contributed by atoms with Crippen LogP contribution < -0.4 is 4.74 Å². The predicted molar refractivity (Wildman–Crippen MR) is 98.3 cm³/mol. The third-order valence-corrected chi connectivity index (χ3v) is 4.81. The van der Waals surface area contributed by atoms with Crippen molar-refractivity contribution in [2.45, 2.75) is 59.5 Å². The molecule has 1 aliphatic rings. The van der Waals surface area contributed by atoms with Gasteiger partial charge in [-0.1, -0.05) is 34.6 Å². The van der Waals surface area contributed by atoms with Gasteiger partial charge in [0.15, 0.2) is 5.78 Å². The van der Waals surface area contributed by atoms with Gasteiger partial charge in [-0.15, -0.1) is 0 Å². The number of carbonyl (C=O) groups is 1. The monoisotopic (exact) mass is 341 g/mol. The number of carbonyl (C=O) groups excluding carboxylic acids is 1. The molecule has 134 valence electrons. The molecule has 4 heteroatoms. The predicted octanol–water partition coefficient (Wildman–Crippen LogP) is 4.32. The molecule has 1 unspecified atom stereocenters. The van der Waals surface area contributed by atoms with Crippen molar-refractivity contribution in [1.29, 1.82) is 5.26 Å². The average Bonchev–Trinajstić information content (AvgIpc) is 2.76. The molecule has 1 aromatic rings. The van der Waals surface area contributed by atoms with Crippen molar-refractivity contribution >= 4 is 11.4 Å². The number of allylic oxidation sites excluding steroid dienone is 2. The Bertz CT molecular complexity index is 787. The van der Waals surface area contributed by atoms with Crippen molar-refractivity contribution in [2.75, 3.05) is 7.11 Å². The molecule has 0 saturated heterocycles. The summed E-state index contributed by atoms with van der Waals surface area (Å²) in [6, 6.07) is 5.95. The van der Waals surface area contributed by atoms with Gasteiger partial charge in [0.1, 0.15) is 11.8 Å². The van der Waals surface area contributed by atoms with E-state index in [1.54, 1.807) is 14.0 Å². The number of ether oxygens (including phenoxy) is 1. The van der Waals surface area contributed by atoms with E-state index in [2.05, 4.69) is 19.9 Å². The molecule has 1 N–H and O–H groups in total. The minimum Gasteiger partial charge on any atom is -0.496 e. The second kappa shape index (κ2) is 6.31. The molecule has 1 aliphatic carbocycles. The maximum absolute atomic E-state index is 12.8. The van der Waals surface area contributed by atoms with Crippen LogP contribution in [0.5, 0.6) is 5.75 Å². The zero-order chi connectivity index (χ0) is 19.2. The minimum atomic E-state index is -0.657. The first kappa shape index (κ1) is 19.2. The summed E-state index contributed by atoms with van der Waals surface area (Å²) < 4.78 is 5.44. The lowest BCUT2D eigenvalue weighted by molar-refractivity contribution is -0.122. The van der Waals surface area contributed by atoms with Gasteiger partial charge in [0.05, 0.1) is 18.8 Å². The number of nitrogens with zero attached hydrogens (tertiary/aromatic N) is 1. The molecule has 0 bridgehead atoms. The first-order valence-corrected chi connectivity index (χ1v) is 8.53. The summed E-state index contributed by atoms with van der Waals surface area (Å²) in [6.45, 7) is 11.4. The fraction of sp³-hybridized carbons (Fsp3) is 0.524. The number of rotatable bonds is 3. The number of methoxy groups -OCH3 is 1. The quantitative estimate of drug-likeness (QED) is 0.656. The summed E-state index contributed by atoms with van der Waals surface area (Å²) in [6.07, 6.45) is -0.0462. The van der Waals surface area contributed by atoms with Gasteiger partial charge >= 0.3 is 0 Å². The Morgan fingerprint density at radius 1 is 1.36 bits per heavy atom. The van der Waals surface area contributed by atoms with Crippen molar-refractivity contribution in [2.24, 2.45) is 5.41 Å². The Hall–Kier alpha value is -2.12. The highest BCUT2D eigenvalue weighted by Crippen LogP contribution is 2.49. The van der Waals surface area contributed by atoms with E-state index in [0.717, 1.165) is 22.3 Å². The highest BCUT2D eigenvalue weighted by molar-refractivity contribution is 6.09. The second-order valence-corrected chi connectivity index (χ2v) is 8.42. The molecule has 0 aromatic heterocycles. The lowest BCUT2D eigenvalue weighted by Crippen LogP contribution is -2.22. The third-order valence-electron chi connectivity index (χ3n) is 4.81. The Labute approximate surface area is 150 Å². The van der Waals surface area contributed by atoms with E-state index < -0.39 is 11.5 Å². The summed E-state index contributed by atoms with van der Waals surface area (Å²) in [5, 5.41) is 19.7. The van der Waals surface area contributed by atoms with E-state index in [1.165, 1.54) is 0 Å². The van der Waals surface area contributed by atoms with E-state index in [-0.39, 0.29) is 16.8 Å². The fourth-order valence-electron chi connectivity index (χ4n) is 3.40. The summed E-state index contributed by atoms with van der Waals surface area (Å²) in [5.41, 5.74) is 2.80. The van der Waals surface area contributed by atoms with Crippen LogP contribution in [-0.2, 0) is 10.2 Å². The number of ketones is 1. The molecule has 0 aliphatic heterocycles. The number of fused-ring (bicyclic) bond motifs is 1. The molecular formula is C21H27NO3. The number of benzene rings is 1. The molecule has 0 radical (unpaired) electrons. The van der Waals surface area contributed by atoms with Crippen LogP contribution in [0, 0.1) is 16.7 Å². The van der Waals surface area contributed by atoms with Gasteiger partial charge in [0.2, 0.25) is 0 Å². The van der Waals surface area contributed by atoms with Crippen molar-refractivity contribution in [3.63, 3.8) is 0 Å². The number of aliphatic hydroxyl groups is 1. The first-order valence-electron chi connectivity index (χ1n) is 8.53. The highest BCUT2D eigenvalue weighted by atomic mass is 16.5. The third kappa shape index (κ3) is 3.34. The van der Waals surface area contributed by atoms with E-state index in [0.29, 0.717) is 12.2 Å². The zero-order valence-corrected chi connectivity index (χ0v) is 16.2. The number of hydrogen-bond donors (Lipinski definition) is 1. The summed E-state index contributed by atoms with van der Waals surface area (Å²) in [5.74, 6) is 0.427. The topological polar surface area (TPSA) is 70.3 Å². The van der Waals surface area contributed by atoms with E-state index >= 15 is 0 Å². The lowest BCUT2D eigenvalue weighted by atomic mass is 9.83. The van der Waals surface area contributed by atoms with Gasteiger partial charge in [-0.25, -0.2) is 0 Å². The molecule has 0 fully saturated rings. The molecule has 0 spiro atoms. The normalized spacial score (nSPS) is 19.0. The second-order valence-electron chi connectivity index (χ2n) is 8.42. The van der Waals surface area contributed by atoms with Crippen molar-refractivity contribution in [3.05, 3.63) is 34.4 Å². The van der Waals surface area contributed by atoms with Crippen LogP contribution in [0.3, 0.4) is 0 Å². The number of Topliss-reactive ketones (excluding diaryl/α,β-unsaturated/α-hetero) is 1. The average molecular weight is 341 g/mol. The van der Waals surface area contributed by atoms with E-state index in [9.17, 15) is 15.2 Å². The lowest BCUT2D eigenvalue weighted by Gasteiger charge is -2.21. The van der Waals surface area contributed by atoms with Crippen LogP contribution in [-0.4, -0.2) is 18.0 Å². The van der Waals surface area contributed by atoms with Gasteiger partial charge in [0, 0.05) is 11.0 Å². The summed E-state index contributed by atoms with van der Waals surface area (Å²) in [7, 11) is 1.56. The maximum atomic E-state index is 12.8. The van der Waals surface area contributed by atoms with Gasteiger partial charge in [-0.3, -0.25) is 4.79 Å². The zero-order valence-electron chi connectivity index (χ0n) is 16.2. The molecule has 2 rings (SSSR count). The smallest absolute Gasteiger partial charge is 0.178 e. The Kier molecular flexibility index (Phi) is 4.85. The molecule has 1 atom stereocenters. The van der Waals surface area contributed by atoms with Crippen molar-refractivity contribution in [1.82, 2.24) is 0 Å². The van der Waals surface area contributed by atoms with Crippen molar-refractivity contribution in [3.8, 4) is 11.8 Å². The maximum Gasteiger partial charge on any atom is 0.178 e. The molecule has 0 saturated carbocycles. The van der Waals surface area contributed by atoms with Gasteiger partial charge < -0.3 is 9.84 Å². The Morgan fingerprint density at radius 2 is 1.96 bits per heavy atom. The van der Waals surface area contributed by atoms with Crippen LogP contribution in [0.15, 0.2) is 17.7 Å². The van der Waals surface area contributed by atoms with Gasteiger partial charge in [0.25, 0.3) is 0 Å². The molecule has 4 nitrogen and oxygen atoms in total. The van der Waals surface area contributed by atoms with Gasteiger partial charge in [-0.2, -0.15) is 5.26 Å². The van der Waals surface area contributed by atoms with E-state index in [1.807, 2.05) is 32.9 Å². The van der Waals surface area contributed by atoms with Crippen LogP contribution in [0.4, 0.5) is 0 Å². The van der Waals surface area contributed by atoms with Crippen LogP contribution in [0.1, 0.15) is 70.8 Å². The SMILES string of the molecule is COc1cc2c(cc1C(C)O)C(C)(C)C/C2=C(/C#N)C(=O)C(C)(C)C. The largest absolute Gasteiger partial charge is 0.496 e. The minimum absolute atomic E-state index is 0.146. The molecule has 25 heavy (non-hydrogen) atoms.